The second kappa shape index (κ2) is 4.92. The molecule has 1 aliphatic rings. The number of nitrogens with zero attached hydrogens (tertiary/aromatic N) is 4. The molecule has 0 atom stereocenters. The van der Waals surface area contributed by atoms with Gasteiger partial charge in [0, 0.05) is 5.92 Å². The smallest absolute Gasteiger partial charge is 0.279 e. The van der Waals surface area contributed by atoms with Crippen molar-refractivity contribution in [2.45, 2.75) is 24.9 Å². The van der Waals surface area contributed by atoms with E-state index in [0.717, 1.165) is 25.0 Å². The van der Waals surface area contributed by atoms with Crippen LogP contribution >= 0.6 is 11.6 Å². The van der Waals surface area contributed by atoms with Gasteiger partial charge in [-0.05, 0) is 31.0 Å². The van der Waals surface area contributed by atoms with Crippen molar-refractivity contribution in [3.8, 4) is 5.82 Å². The normalized spacial score (nSPS) is 15.3. The predicted octanol–water partition coefficient (Wildman–Crippen LogP) is 4.37. The summed E-state index contributed by atoms with van der Waals surface area (Å²) >= 11 is 6.16. The van der Waals surface area contributed by atoms with E-state index in [0.29, 0.717) is 22.2 Å². The number of halogens is 4. The van der Waals surface area contributed by atoms with Crippen molar-refractivity contribution in [1.82, 2.24) is 19.5 Å². The Labute approximate surface area is 134 Å². The lowest BCUT2D eigenvalue weighted by atomic mass is 10.2. The van der Waals surface area contributed by atoms with Crippen LogP contribution in [0.1, 0.15) is 30.1 Å². The summed E-state index contributed by atoms with van der Waals surface area (Å²) in [5, 5.41) is 0.327. The van der Waals surface area contributed by atoms with Crippen LogP contribution in [0.3, 0.4) is 0 Å². The molecule has 0 amide bonds. The third-order valence-corrected chi connectivity index (χ3v) is 4.08. The monoisotopic (exact) mass is 338 g/mol. The van der Waals surface area contributed by atoms with Crippen molar-refractivity contribution in [3.63, 3.8) is 0 Å². The average Bonchev–Trinajstić information content (AvgIpc) is 3.27. The number of aromatic nitrogens is 4. The van der Waals surface area contributed by atoms with Gasteiger partial charge >= 0.3 is 6.18 Å². The van der Waals surface area contributed by atoms with Crippen LogP contribution in [0, 0.1) is 0 Å². The maximum absolute atomic E-state index is 12.9. The van der Waals surface area contributed by atoms with E-state index in [1.807, 2.05) is 0 Å². The molecular weight excluding hydrogens is 329 g/mol. The summed E-state index contributed by atoms with van der Waals surface area (Å²) in [6.45, 7) is 0. The van der Waals surface area contributed by atoms with E-state index in [2.05, 4.69) is 15.0 Å². The van der Waals surface area contributed by atoms with Gasteiger partial charge in [-0.1, -0.05) is 11.6 Å². The summed E-state index contributed by atoms with van der Waals surface area (Å²) in [5.41, 5.74) is 0.127. The second-order valence-corrected chi connectivity index (χ2v) is 5.88. The first kappa shape index (κ1) is 14.4. The first-order chi connectivity index (χ1) is 10.9. The van der Waals surface area contributed by atoms with Crippen molar-refractivity contribution >= 4 is 22.6 Å². The molecule has 0 unspecified atom stereocenters. The Balaban J connectivity index is 1.99. The van der Waals surface area contributed by atoms with Crippen molar-refractivity contribution in [2.75, 3.05) is 0 Å². The van der Waals surface area contributed by atoms with Crippen LogP contribution in [-0.2, 0) is 6.18 Å². The molecule has 118 valence electrons. The SMILES string of the molecule is FC(F)(F)c1ccc2c(c1)nc(C1CC1)n2-c1ncncc1Cl. The zero-order valence-electron chi connectivity index (χ0n) is 11.7. The van der Waals surface area contributed by atoms with Gasteiger partial charge in [0.15, 0.2) is 5.82 Å². The Morgan fingerprint density at radius 1 is 1.22 bits per heavy atom. The Bertz CT molecular complexity index is 899. The van der Waals surface area contributed by atoms with Gasteiger partial charge in [0.05, 0.1) is 22.8 Å². The molecule has 0 saturated heterocycles. The highest BCUT2D eigenvalue weighted by atomic mass is 35.5. The molecule has 1 fully saturated rings. The summed E-state index contributed by atoms with van der Waals surface area (Å²) in [5.74, 6) is 1.36. The summed E-state index contributed by atoms with van der Waals surface area (Å²) in [4.78, 5) is 12.4. The van der Waals surface area contributed by atoms with Gasteiger partial charge in [0.25, 0.3) is 0 Å². The minimum atomic E-state index is -4.40. The topological polar surface area (TPSA) is 43.6 Å². The van der Waals surface area contributed by atoms with Crippen molar-refractivity contribution in [2.24, 2.45) is 0 Å². The Morgan fingerprint density at radius 2 is 2.00 bits per heavy atom. The van der Waals surface area contributed by atoms with E-state index >= 15 is 0 Å². The van der Waals surface area contributed by atoms with Gasteiger partial charge in [-0.15, -0.1) is 0 Å². The maximum atomic E-state index is 12.9. The number of imidazole rings is 1. The standard InChI is InChI=1S/C15H10ClF3N4/c16-10-6-20-7-21-14(10)23-12-4-3-9(15(17,18)19)5-11(12)22-13(23)8-1-2-8/h3-8H,1-2H2. The number of alkyl halides is 3. The lowest BCUT2D eigenvalue weighted by Gasteiger charge is -2.09. The van der Waals surface area contributed by atoms with Crippen molar-refractivity contribution < 1.29 is 13.2 Å². The minimum Gasteiger partial charge on any atom is -0.279 e. The fourth-order valence-corrected chi connectivity index (χ4v) is 2.77. The number of benzene rings is 1. The predicted molar refractivity (Wildman–Crippen MR) is 78.6 cm³/mol. The highest BCUT2D eigenvalue weighted by Gasteiger charge is 2.34. The van der Waals surface area contributed by atoms with Gasteiger partial charge < -0.3 is 0 Å². The van der Waals surface area contributed by atoms with Crippen LogP contribution in [0.4, 0.5) is 13.2 Å². The largest absolute Gasteiger partial charge is 0.416 e. The lowest BCUT2D eigenvalue weighted by molar-refractivity contribution is -0.137. The number of rotatable bonds is 2. The van der Waals surface area contributed by atoms with Crippen LogP contribution in [0.15, 0.2) is 30.7 Å². The van der Waals surface area contributed by atoms with Crippen molar-refractivity contribution in [3.05, 3.63) is 47.1 Å². The third-order valence-electron chi connectivity index (χ3n) is 3.81. The molecule has 4 rings (SSSR count). The number of fused-ring (bicyclic) bond motifs is 1. The van der Waals surface area contributed by atoms with Crippen LogP contribution in [0.5, 0.6) is 0 Å². The molecular formula is C15H10ClF3N4. The maximum Gasteiger partial charge on any atom is 0.416 e. The molecule has 0 spiro atoms. The highest BCUT2D eigenvalue weighted by molar-refractivity contribution is 6.32. The zero-order valence-corrected chi connectivity index (χ0v) is 12.4. The summed E-state index contributed by atoms with van der Waals surface area (Å²) < 4.78 is 40.4. The fourth-order valence-electron chi connectivity index (χ4n) is 2.58. The molecule has 0 bridgehead atoms. The third kappa shape index (κ3) is 2.45. The summed E-state index contributed by atoms with van der Waals surface area (Å²) in [6.07, 6.45) is 0.324. The minimum absolute atomic E-state index is 0.225. The van der Waals surface area contributed by atoms with Gasteiger partial charge in [-0.2, -0.15) is 13.2 Å². The zero-order chi connectivity index (χ0) is 16.2. The molecule has 23 heavy (non-hydrogen) atoms. The van der Waals surface area contributed by atoms with E-state index in [-0.39, 0.29) is 11.4 Å². The summed E-state index contributed by atoms with van der Waals surface area (Å²) in [7, 11) is 0. The van der Waals surface area contributed by atoms with E-state index < -0.39 is 11.7 Å². The lowest BCUT2D eigenvalue weighted by Crippen LogP contribution is -2.05. The molecule has 4 nitrogen and oxygen atoms in total. The molecule has 1 aliphatic carbocycles. The Hall–Kier alpha value is -2.15. The number of hydrogen-bond acceptors (Lipinski definition) is 3. The fraction of sp³-hybridized carbons (Fsp3) is 0.267. The molecule has 3 aromatic rings. The first-order valence-corrected chi connectivity index (χ1v) is 7.38. The van der Waals surface area contributed by atoms with Crippen LogP contribution < -0.4 is 0 Å². The van der Waals surface area contributed by atoms with Gasteiger partial charge in [0.2, 0.25) is 0 Å². The molecule has 0 N–H and O–H groups in total. The average molecular weight is 339 g/mol. The van der Waals surface area contributed by atoms with Crippen LogP contribution in [0.25, 0.3) is 16.9 Å². The molecule has 8 heteroatoms. The van der Waals surface area contributed by atoms with Gasteiger partial charge in [-0.3, -0.25) is 4.57 Å². The van der Waals surface area contributed by atoms with Crippen molar-refractivity contribution in [1.29, 1.82) is 0 Å². The second-order valence-electron chi connectivity index (χ2n) is 5.48. The molecule has 1 aromatic carbocycles. The number of hydrogen-bond donors (Lipinski definition) is 0. The van der Waals surface area contributed by atoms with E-state index in [1.54, 1.807) is 4.57 Å². The van der Waals surface area contributed by atoms with Gasteiger partial charge in [0.1, 0.15) is 17.2 Å². The van der Waals surface area contributed by atoms with E-state index in [4.69, 9.17) is 11.6 Å². The molecule has 2 aromatic heterocycles. The molecule has 1 saturated carbocycles. The molecule has 0 radical (unpaired) electrons. The van der Waals surface area contributed by atoms with E-state index in [1.165, 1.54) is 18.6 Å². The van der Waals surface area contributed by atoms with E-state index in [9.17, 15) is 13.2 Å². The van der Waals surface area contributed by atoms with Crippen LogP contribution in [-0.4, -0.2) is 19.5 Å². The van der Waals surface area contributed by atoms with Gasteiger partial charge in [-0.25, -0.2) is 15.0 Å². The molecule has 0 aliphatic heterocycles. The summed E-state index contributed by atoms with van der Waals surface area (Å²) in [6, 6.07) is 3.52. The Kier molecular flexibility index (Phi) is 3.09. The first-order valence-electron chi connectivity index (χ1n) is 7.00. The Morgan fingerprint density at radius 3 is 2.65 bits per heavy atom. The molecule has 2 heterocycles. The van der Waals surface area contributed by atoms with Crippen LogP contribution in [0.2, 0.25) is 5.02 Å². The highest BCUT2D eigenvalue weighted by Crippen LogP contribution is 2.42. The quantitative estimate of drug-likeness (QED) is 0.697.